The summed E-state index contributed by atoms with van der Waals surface area (Å²) in [5, 5.41) is 0. The van der Waals surface area contributed by atoms with E-state index in [0.717, 1.165) is 12.8 Å². The SMILES string of the molecule is CC1CCCC(Oc2cc(F)ccc2N)C1. The predicted octanol–water partition coefficient (Wildman–Crippen LogP) is 3.37. The minimum Gasteiger partial charge on any atom is -0.488 e. The number of nitrogen functional groups attached to an aromatic ring is 1. The topological polar surface area (TPSA) is 35.2 Å². The number of hydrogen-bond donors (Lipinski definition) is 1. The molecule has 0 spiro atoms. The summed E-state index contributed by atoms with van der Waals surface area (Å²) in [6.07, 6.45) is 4.71. The molecule has 2 rings (SSSR count). The Labute approximate surface area is 95.6 Å². The molecule has 1 aliphatic rings. The molecule has 0 amide bonds. The molecule has 0 radical (unpaired) electrons. The van der Waals surface area contributed by atoms with E-state index in [4.69, 9.17) is 10.5 Å². The van der Waals surface area contributed by atoms with Gasteiger partial charge < -0.3 is 10.5 Å². The first-order valence-corrected chi connectivity index (χ1v) is 5.87. The molecule has 2 unspecified atom stereocenters. The van der Waals surface area contributed by atoms with Gasteiger partial charge >= 0.3 is 0 Å². The first kappa shape index (κ1) is 11.2. The van der Waals surface area contributed by atoms with Gasteiger partial charge in [0.1, 0.15) is 11.6 Å². The van der Waals surface area contributed by atoms with E-state index < -0.39 is 0 Å². The van der Waals surface area contributed by atoms with Gasteiger partial charge in [-0.05, 0) is 37.3 Å². The lowest BCUT2D eigenvalue weighted by molar-refractivity contribution is 0.129. The molecule has 0 heterocycles. The number of rotatable bonds is 2. The molecule has 1 aromatic rings. The molecule has 2 atom stereocenters. The van der Waals surface area contributed by atoms with Crippen molar-refractivity contribution >= 4 is 5.69 Å². The maximum absolute atomic E-state index is 13.0. The van der Waals surface area contributed by atoms with Gasteiger partial charge in [-0.1, -0.05) is 13.3 Å². The Morgan fingerprint density at radius 3 is 2.94 bits per heavy atom. The van der Waals surface area contributed by atoms with Gasteiger partial charge in [0.2, 0.25) is 0 Å². The quantitative estimate of drug-likeness (QED) is 0.780. The van der Waals surface area contributed by atoms with Crippen LogP contribution in [0.2, 0.25) is 0 Å². The van der Waals surface area contributed by atoms with Crippen LogP contribution < -0.4 is 10.5 Å². The monoisotopic (exact) mass is 223 g/mol. The zero-order chi connectivity index (χ0) is 11.5. The van der Waals surface area contributed by atoms with Crippen LogP contribution in [0.4, 0.5) is 10.1 Å². The first-order chi connectivity index (χ1) is 7.65. The summed E-state index contributed by atoms with van der Waals surface area (Å²) in [5.41, 5.74) is 6.26. The average molecular weight is 223 g/mol. The number of ether oxygens (including phenoxy) is 1. The van der Waals surface area contributed by atoms with Gasteiger partial charge in [0.05, 0.1) is 11.8 Å². The van der Waals surface area contributed by atoms with E-state index in [1.54, 1.807) is 6.07 Å². The molecule has 2 N–H and O–H groups in total. The number of anilines is 1. The van der Waals surface area contributed by atoms with Crippen molar-refractivity contribution in [2.75, 3.05) is 5.73 Å². The molecule has 0 saturated heterocycles. The summed E-state index contributed by atoms with van der Waals surface area (Å²) >= 11 is 0. The first-order valence-electron chi connectivity index (χ1n) is 5.87. The smallest absolute Gasteiger partial charge is 0.145 e. The van der Waals surface area contributed by atoms with Gasteiger partial charge in [-0.15, -0.1) is 0 Å². The molecular weight excluding hydrogens is 205 g/mol. The van der Waals surface area contributed by atoms with Gasteiger partial charge in [0.25, 0.3) is 0 Å². The highest BCUT2D eigenvalue weighted by atomic mass is 19.1. The maximum Gasteiger partial charge on any atom is 0.145 e. The second-order valence-electron chi connectivity index (χ2n) is 4.69. The number of nitrogens with two attached hydrogens (primary N) is 1. The fraction of sp³-hybridized carbons (Fsp3) is 0.538. The lowest BCUT2D eigenvalue weighted by Gasteiger charge is -2.27. The van der Waals surface area contributed by atoms with Crippen molar-refractivity contribution in [3.8, 4) is 5.75 Å². The van der Waals surface area contributed by atoms with Gasteiger partial charge in [0, 0.05) is 6.07 Å². The number of halogens is 1. The van der Waals surface area contributed by atoms with E-state index >= 15 is 0 Å². The van der Waals surface area contributed by atoms with Crippen molar-refractivity contribution in [3.63, 3.8) is 0 Å². The highest BCUT2D eigenvalue weighted by Crippen LogP contribution is 2.30. The summed E-state index contributed by atoms with van der Waals surface area (Å²) < 4.78 is 18.8. The molecule has 0 aliphatic heterocycles. The fourth-order valence-corrected chi connectivity index (χ4v) is 2.28. The van der Waals surface area contributed by atoms with Crippen LogP contribution in [0.5, 0.6) is 5.75 Å². The lowest BCUT2D eigenvalue weighted by Crippen LogP contribution is -2.24. The van der Waals surface area contributed by atoms with E-state index in [0.29, 0.717) is 17.4 Å². The van der Waals surface area contributed by atoms with E-state index in [1.165, 1.54) is 25.0 Å². The maximum atomic E-state index is 13.0. The minimum atomic E-state index is -0.298. The third-order valence-electron chi connectivity index (χ3n) is 3.16. The minimum absolute atomic E-state index is 0.188. The molecule has 88 valence electrons. The predicted molar refractivity (Wildman–Crippen MR) is 62.9 cm³/mol. The molecule has 0 bridgehead atoms. The third-order valence-corrected chi connectivity index (χ3v) is 3.16. The van der Waals surface area contributed by atoms with Crippen LogP contribution in [0.3, 0.4) is 0 Å². The van der Waals surface area contributed by atoms with Crippen LogP contribution >= 0.6 is 0 Å². The zero-order valence-corrected chi connectivity index (χ0v) is 9.58. The Kier molecular flexibility index (Phi) is 3.32. The summed E-state index contributed by atoms with van der Waals surface area (Å²) in [4.78, 5) is 0. The zero-order valence-electron chi connectivity index (χ0n) is 9.58. The summed E-state index contributed by atoms with van der Waals surface area (Å²) in [6, 6.07) is 4.28. The van der Waals surface area contributed by atoms with E-state index in [-0.39, 0.29) is 11.9 Å². The number of hydrogen-bond acceptors (Lipinski definition) is 2. The van der Waals surface area contributed by atoms with Gasteiger partial charge in [-0.25, -0.2) is 4.39 Å². The van der Waals surface area contributed by atoms with E-state index in [9.17, 15) is 4.39 Å². The fourth-order valence-electron chi connectivity index (χ4n) is 2.28. The highest BCUT2D eigenvalue weighted by molar-refractivity contribution is 5.52. The van der Waals surface area contributed by atoms with Crippen molar-refractivity contribution in [1.82, 2.24) is 0 Å². The Morgan fingerprint density at radius 1 is 1.38 bits per heavy atom. The van der Waals surface area contributed by atoms with Crippen LogP contribution in [0.1, 0.15) is 32.6 Å². The molecule has 3 heteroatoms. The van der Waals surface area contributed by atoms with Gasteiger partial charge in [-0.2, -0.15) is 0 Å². The van der Waals surface area contributed by atoms with Crippen molar-refractivity contribution in [2.24, 2.45) is 5.92 Å². The number of benzene rings is 1. The third kappa shape index (κ3) is 2.65. The molecule has 16 heavy (non-hydrogen) atoms. The molecule has 1 saturated carbocycles. The highest BCUT2D eigenvalue weighted by Gasteiger charge is 2.20. The Balaban J connectivity index is 2.05. The molecule has 1 aliphatic carbocycles. The van der Waals surface area contributed by atoms with Crippen LogP contribution in [-0.2, 0) is 0 Å². The summed E-state index contributed by atoms with van der Waals surface area (Å²) in [7, 11) is 0. The van der Waals surface area contributed by atoms with Crippen molar-refractivity contribution in [2.45, 2.75) is 38.7 Å². The second kappa shape index (κ2) is 4.73. The van der Waals surface area contributed by atoms with Crippen LogP contribution in [0.25, 0.3) is 0 Å². The van der Waals surface area contributed by atoms with Crippen LogP contribution in [0, 0.1) is 11.7 Å². The lowest BCUT2D eigenvalue weighted by atomic mass is 9.89. The van der Waals surface area contributed by atoms with Crippen molar-refractivity contribution in [1.29, 1.82) is 0 Å². The Morgan fingerprint density at radius 2 is 2.19 bits per heavy atom. The summed E-state index contributed by atoms with van der Waals surface area (Å²) in [5.74, 6) is 0.876. The van der Waals surface area contributed by atoms with Crippen LogP contribution in [-0.4, -0.2) is 6.10 Å². The van der Waals surface area contributed by atoms with Crippen molar-refractivity contribution < 1.29 is 9.13 Å². The van der Waals surface area contributed by atoms with Crippen LogP contribution in [0.15, 0.2) is 18.2 Å². The van der Waals surface area contributed by atoms with Gasteiger partial charge in [0.15, 0.2) is 0 Å². The Bertz CT molecular complexity index is 367. The van der Waals surface area contributed by atoms with Gasteiger partial charge in [-0.3, -0.25) is 0 Å². The standard InChI is InChI=1S/C13H18FNO/c1-9-3-2-4-11(7-9)16-13-8-10(14)5-6-12(13)15/h5-6,8-9,11H,2-4,7,15H2,1H3. The van der Waals surface area contributed by atoms with Crippen molar-refractivity contribution in [3.05, 3.63) is 24.0 Å². The average Bonchev–Trinajstić information content (AvgIpc) is 2.24. The largest absolute Gasteiger partial charge is 0.488 e. The van der Waals surface area contributed by atoms with E-state index in [1.807, 2.05) is 0 Å². The second-order valence-corrected chi connectivity index (χ2v) is 4.69. The summed E-state index contributed by atoms with van der Waals surface area (Å²) in [6.45, 7) is 2.23. The molecule has 1 aromatic carbocycles. The molecule has 2 nitrogen and oxygen atoms in total. The molecule has 1 fully saturated rings. The Hall–Kier alpha value is -1.25. The molecular formula is C13H18FNO. The normalized spacial score (nSPS) is 25.4. The van der Waals surface area contributed by atoms with E-state index in [2.05, 4.69) is 6.92 Å². The molecule has 0 aromatic heterocycles.